The summed E-state index contributed by atoms with van der Waals surface area (Å²) in [6, 6.07) is 2.42. The summed E-state index contributed by atoms with van der Waals surface area (Å²) in [5.74, 6) is -1.68. The summed E-state index contributed by atoms with van der Waals surface area (Å²) < 4.78 is 28.5. The predicted molar refractivity (Wildman–Crippen MR) is 82.4 cm³/mol. The molecule has 2 unspecified atom stereocenters. The van der Waals surface area contributed by atoms with Gasteiger partial charge in [-0.15, -0.1) is 0 Å². The van der Waals surface area contributed by atoms with Crippen molar-refractivity contribution >= 4 is 21.7 Å². The molecule has 0 bridgehead atoms. The number of likely N-dealkylation sites (N-methyl/N-ethyl adjacent to an activating group) is 1. The van der Waals surface area contributed by atoms with Gasteiger partial charge in [0.25, 0.3) is 0 Å². The average Bonchev–Trinajstić information content (AvgIpc) is 2.43. The highest BCUT2D eigenvalue weighted by atomic mass is 79.9. The number of nitrogens with zero attached hydrogens (tertiary/aromatic N) is 1. The largest absolute Gasteiger partial charge is 0.297 e. The zero-order chi connectivity index (χ0) is 15.8. The van der Waals surface area contributed by atoms with Gasteiger partial charge in [-0.25, -0.2) is 8.78 Å². The van der Waals surface area contributed by atoms with Crippen LogP contribution in [0.2, 0.25) is 0 Å². The lowest BCUT2D eigenvalue weighted by Crippen LogP contribution is -2.54. The monoisotopic (exact) mass is 359 g/mol. The maximum absolute atomic E-state index is 14.3. The molecule has 0 aromatic heterocycles. The van der Waals surface area contributed by atoms with Gasteiger partial charge in [0, 0.05) is 0 Å². The molecule has 1 aliphatic rings. The topological polar surface area (TPSA) is 20.3 Å². The Morgan fingerprint density at radius 2 is 2.05 bits per heavy atom. The summed E-state index contributed by atoms with van der Waals surface area (Å²) in [5.41, 5.74) is -1.24. The Labute approximate surface area is 132 Å². The first kappa shape index (κ1) is 16.6. The number of carbonyl (C=O) groups is 1. The fraction of sp³-hybridized carbons (Fsp3) is 0.562. The van der Waals surface area contributed by atoms with E-state index < -0.39 is 28.5 Å². The van der Waals surface area contributed by atoms with E-state index in [9.17, 15) is 13.6 Å². The van der Waals surface area contributed by atoms with Crippen LogP contribution in [0.25, 0.3) is 0 Å². The number of hydrogen-bond acceptors (Lipinski definition) is 2. The van der Waals surface area contributed by atoms with Crippen LogP contribution in [0.15, 0.2) is 16.6 Å². The number of rotatable bonds is 3. The SMILES string of the molecule is CC1CCCC(C(=O)c2c(F)ccc(Br)c2F)(N(C)C)C1. The van der Waals surface area contributed by atoms with Crippen molar-refractivity contribution in [3.8, 4) is 0 Å². The highest BCUT2D eigenvalue weighted by Gasteiger charge is 2.45. The lowest BCUT2D eigenvalue weighted by molar-refractivity contribution is 0.0477. The third kappa shape index (κ3) is 2.90. The van der Waals surface area contributed by atoms with Gasteiger partial charge < -0.3 is 0 Å². The van der Waals surface area contributed by atoms with Gasteiger partial charge in [-0.3, -0.25) is 9.69 Å². The normalized spacial score (nSPS) is 26.1. The van der Waals surface area contributed by atoms with Crippen LogP contribution in [-0.4, -0.2) is 30.3 Å². The lowest BCUT2D eigenvalue weighted by atomic mass is 9.71. The first-order chi connectivity index (χ1) is 9.79. The number of Topliss-reactive ketones (excluding diaryl/α,β-unsaturated/α-hetero) is 1. The molecule has 2 atom stereocenters. The molecular weight excluding hydrogens is 340 g/mol. The minimum atomic E-state index is -0.819. The average molecular weight is 360 g/mol. The molecule has 1 aromatic rings. The second kappa shape index (κ2) is 6.13. The summed E-state index contributed by atoms with van der Waals surface area (Å²) >= 11 is 3.03. The summed E-state index contributed by atoms with van der Waals surface area (Å²) in [6.45, 7) is 2.08. The van der Waals surface area contributed by atoms with E-state index >= 15 is 0 Å². The van der Waals surface area contributed by atoms with Gasteiger partial charge in [0.1, 0.15) is 5.82 Å². The molecule has 1 aliphatic carbocycles. The van der Waals surface area contributed by atoms with Crippen molar-refractivity contribution in [3.63, 3.8) is 0 Å². The Kier molecular flexibility index (Phi) is 4.83. The van der Waals surface area contributed by atoms with E-state index in [2.05, 4.69) is 22.9 Å². The van der Waals surface area contributed by atoms with Crippen LogP contribution in [0.4, 0.5) is 8.78 Å². The number of benzene rings is 1. The zero-order valence-electron chi connectivity index (χ0n) is 12.5. The molecule has 0 amide bonds. The quantitative estimate of drug-likeness (QED) is 0.588. The third-order valence-electron chi connectivity index (χ3n) is 4.52. The molecule has 1 fully saturated rings. The fourth-order valence-electron chi connectivity index (χ4n) is 3.31. The van der Waals surface area contributed by atoms with E-state index in [0.717, 1.165) is 18.9 Å². The Morgan fingerprint density at radius 3 is 2.62 bits per heavy atom. The Bertz CT molecular complexity index is 561. The summed E-state index contributed by atoms with van der Waals surface area (Å²) in [7, 11) is 3.62. The van der Waals surface area contributed by atoms with E-state index in [0.29, 0.717) is 18.8 Å². The van der Waals surface area contributed by atoms with E-state index in [4.69, 9.17) is 0 Å². The standard InChI is InChI=1S/C16H20BrF2NO/c1-10-5-4-8-16(9-10,20(2)3)15(21)13-12(18)7-6-11(17)14(13)19/h6-7,10H,4-5,8-9H2,1-3H3. The van der Waals surface area contributed by atoms with Gasteiger partial charge >= 0.3 is 0 Å². The van der Waals surface area contributed by atoms with E-state index in [1.165, 1.54) is 6.07 Å². The van der Waals surface area contributed by atoms with Crippen LogP contribution >= 0.6 is 15.9 Å². The van der Waals surface area contributed by atoms with Crippen molar-refractivity contribution in [1.82, 2.24) is 4.90 Å². The summed E-state index contributed by atoms with van der Waals surface area (Å²) in [4.78, 5) is 14.8. The maximum Gasteiger partial charge on any atom is 0.189 e. The van der Waals surface area contributed by atoms with Gasteiger partial charge in [-0.2, -0.15) is 0 Å². The van der Waals surface area contributed by atoms with Gasteiger partial charge in [0.05, 0.1) is 15.6 Å². The second-order valence-electron chi connectivity index (χ2n) is 6.17. The molecule has 1 aromatic carbocycles. The Morgan fingerprint density at radius 1 is 1.38 bits per heavy atom. The first-order valence-corrected chi connectivity index (χ1v) is 7.94. The number of ketones is 1. The zero-order valence-corrected chi connectivity index (χ0v) is 14.1. The molecule has 0 heterocycles. The van der Waals surface area contributed by atoms with E-state index in [1.807, 2.05) is 19.0 Å². The molecule has 0 saturated heterocycles. The van der Waals surface area contributed by atoms with E-state index in [-0.39, 0.29) is 4.47 Å². The minimum absolute atomic E-state index is 0.116. The number of halogens is 3. The van der Waals surface area contributed by atoms with Crippen LogP contribution in [0.3, 0.4) is 0 Å². The molecule has 116 valence electrons. The van der Waals surface area contributed by atoms with Crippen molar-refractivity contribution < 1.29 is 13.6 Å². The molecule has 0 spiro atoms. The molecule has 0 N–H and O–H groups in total. The highest BCUT2D eigenvalue weighted by molar-refractivity contribution is 9.10. The van der Waals surface area contributed by atoms with Gasteiger partial charge in [-0.1, -0.05) is 19.8 Å². The summed E-state index contributed by atoms with van der Waals surface area (Å²) in [5, 5.41) is 0. The molecule has 1 saturated carbocycles. The maximum atomic E-state index is 14.3. The molecule has 5 heteroatoms. The molecular formula is C16H20BrF2NO. The summed E-state index contributed by atoms with van der Waals surface area (Å²) in [6.07, 6.45) is 3.20. The smallest absolute Gasteiger partial charge is 0.189 e. The van der Waals surface area contributed by atoms with Gasteiger partial charge in [0.15, 0.2) is 11.6 Å². The first-order valence-electron chi connectivity index (χ1n) is 7.15. The van der Waals surface area contributed by atoms with E-state index in [1.54, 1.807) is 0 Å². The fourth-order valence-corrected chi connectivity index (χ4v) is 3.64. The van der Waals surface area contributed by atoms with Crippen molar-refractivity contribution in [2.75, 3.05) is 14.1 Å². The lowest BCUT2D eigenvalue weighted by Gasteiger charge is -2.43. The van der Waals surface area contributed by atoms with Crippen LogP contribution in [0, 0.1) is 17.6 Å². The van der Waals surface area contributed by atoms with Crippen molar-refractivity contribution in [2.45, 2.75) is 38.1 Å². The van der Waals surface area contributed by atoms with Gasteiger partial charge in [-0.05, 0) is 60.9 Å². The Hall–Kier alpha value is -0.810. The Balaban J connectivity index is 2.52. The molecule has 2 rings (SSSR count). The van der Waals surface area contributed by atoms with Crippen molar-refractivity contribution in [3.05, 3.63) is 33.8 Å². The predicted octanol–water partition coefficient (Wildman–Crippen LogP) is 4.42. The number of carbonyl (C=O) groups excluding carboxylic acids is 1. The second-order valence-corrected chi connectivity index (χ2v) is 7.03. The van der Waals surface area contributed by atoms with Crippen LogP contribution in [-0.2, 0) is 0 Å². The van der Waals surface area contributed by atoms with Crippen LogP contribution < -0.4 is 0 Å². The van der Waals surface area contributed by atoms with Crippen LogP contribution in [0.1, 0.15) is 43.0 Å². The minimum Gasteiger partial charge on any atom is -0.297 e. The van der Waals surface area contributed by atoms with Crippen LogP contribution in [0.5, 0.6) is 0 Å². The number of hydrogen-bond donors (Lipinski definition) is 0. The van der Waals surface area contributed by atoms with Crippen molar-refractivity contribution in [1.29, 1.82) is 0 Å². The molecule has 21 heavy (non-hydrogen) atoms. The molecule has 2 nitrogen and oxygen atoms in total. The van der Waals surface area contributed by atoms with Crippen molar-refractivity contribution in [2.24, 2.45) is 5.92 Å². The van der Waals surface area contributed by atoms with Gasteiger partial charge in [0.2, 0.25) is 0 Å². The molecule has 0 radical (unpaired) electrons. The third-order valence-corrected chi connectivity index (χ3v) is 5.14. The molecule has 0 aliphatic heterocycles. The highest BCUT2D eigenvalue weighted by Crippen LogP contribution is 2.39.